The van der Waals surface area contributed by atoms with Gasteiger partial charge in [0.15, 0.2) is 6.29 Å². The van der Waals surface area contributed by atoms with Crippen LogP contribution in [0.2, 0.25) is 0 Å². The third-order valence-electron chi connectivity index (χ3n) is 4.72. The summed E-state index contributed by atoms with van der Waals surface area (Å²) in [5, 5.41) is 0.765. The number of hydrogen-bond donors (Lipinski definition) is 0. The Morgan fingerprint density at radius 1 is 1.15 bits per heavy atom. The van der Waals surface area contributed by atoms with Crippen LogP contribution in [-0.2, 0) is 6.54 Å². The fourth-order valence-corrected chi connectivity index (χ4v) is 2.99. The van der Waals surface area contributed by atoms with Crippen molar-refractivity contribution >= 4 is 17.2 Å². The van der Waals surface area contributed by atoms with Gasteiger partial charge in [0.25, 0.3) is 5.56 Å². The Morgan fingerprint density at radius 3 is 2.48 bits per heavy atom. The number of pyridine rings is 1. The van der Waals surface area contributed by atoms with Gasteiger partial charge in [0.1, 0.15) is 17.5 Å². The molecule has 0 aliphatic carbocycles. The molecule has 0 aliphatic heterocycles. The van der Waals surface area contributed by atoms with Crippen molar-refractivity contribution in [2.75, 3.05) is 14.1 Å². The van der Waals surface area contributed by atoms with Crippen LogP contribution in [0.15, 0.2) is 53.3 Å². The van der Waals surface area contributed by atoms with Gasteiger partial charge in [0.05, 0.1) is 12.1 Å². The van der Waals surface area contributed by atoms with Gasteiger partial charge in [-0.1, -0.05) is 42.0 Å². The summed E-state index contributed by atoms with van der Waals surface area (Å²) >= 11 is 0. The molecule has 3 rings (SSSR count). The van der Waals surface area contributed by atoms with Crippen molar-refractivity contribution in [1.29, 1.82) is 0 Å². The molecule has 1 atom stereocenters. The number of hydrogen-bond acceptors (Lipinski definition) is 4. The minimum atomic E-state index is -0.342. The summed E-state index contributed by atoms with van der Waals surface area (Å²) in [5.74, 6) is 0.346. The largest absolute Gasteiger partial charge is 0.474 e. The zero-order valence-corrected chi connectivity index (χ0v) is 16.1. The van der Waals surface area contributed by atoms with Crippen molar-refractivity contribution in [3.05, 3.63) is 75.6 Å². The molecule has 27 heavy (non-hydrogen) atoms. The normalized spacial score (nSPS) is 12.3. The van der Waals surface area contributed by atoms with Gasteiger partial charge in [0, 0.05) is 5.39 Å². The van der Waals surface area contributed by atoms with E-state index in [1.54, 1.807) is 4.57 Å². The van der Waals surface area contributed by atoms with Gasteiger partial charge in [-0.3, -0.25) is 14.5 Å². The number of fused-ring (bicyclic) bond motifs is 1. The van der Waals surface area contributed by atoms with Crippen LogP contribution < -0.4 is 10.3 Å². The molecule has 0 bridgehead atoms. The highest BCUT2D eigenvalue weighted by atomic mass is 16.5. The molecule has 3 aromatic rings. The maximum absolute atomic E-state index is 13.1. The summed E-state index contributed by atoms with van der Waals surface area (Å²) in [6.07, 6.45) is 0.320. The number of carbonyl (C=O) groups is 1. The molecule has 0 fully saturated rings. The molecule has 140 valence electrons. The van der Waals surface area contributed by atoms with E-state index in [0.717, 1.165) is 22.0 Å². The number of carbonyl (C=O) groups excluding carboxylic acids is 1. The van der Waals surface area contributed by atoms with E-state index in [2.05, 4.69) is 0 Å². The maximum Gasteiger partial charge on any atom is 0.265 e. The lowest BCUT2D eigenvalue weighted by atomic mass is 10.1. The summed E-state index contributed by atoms with van der Waals surface area (Å²) in [6.45, 7) is 4.25. The van der Waals surface area contributed by atoms with E-state index < -0.39 is 0 Å². The predicted molar refractivity (Wildman–Crippen MR) is 108 cm³/mol. The van der Waals surface area contributed by atoms with Gasteiger partial charge in [-0.15, -0.1) is 0 Å². The van der Waals surface area contributed by atoms with Crippen LogP contribution in [0.4, 0.5) is 0 Å². The molecule has 5 heteroatoms. The summed E-state index contributed by atoms with van der Waals surface area (Å²) in [6, 6.07) is 15.6. The van der Waals surface area contributed by atoms with E-state index in [-0.39, 0.29) is 17.4 Å². The summed E-state index contributed by atoms with van der Waals surface area (Å²) in [5.41, 5.74) is 2.49. The maximum atomic E-state index is 13.1. The van der Waals surface area contributed by atoms with Crippen molar-refractivity contribution in [2.45, 2.75) is 26.6 Å². The molecule has 2 aromatic carbocycles. The van der Waals surface area contributed by atoms with Crippen LogP contribution >= 0.6 is 0 Å². The van der Waals surface area contributed by atoms with Gasteiger partial charge >= 0.3 is 0 Å². The fraction of sp³-hybridized carbons (Fsp3) is 0.273. The molecule has 0 N–H and O–H groups in total. The van der Waals surface area contributed by atoms with Crippen molar-refractivity contribution in [3.8, 4) is 5.75 Å². The molecular formula is C22H24N2O3. The van der Waals surface area contributed by atoms with Crippen molar-refractivity contribution in [3.63, 3.8) is 0 Å². The second-order valence-corrected chi connectivity index (χ2v) is 6.94. The fourth-order valence-electron chi connectivity index (χ4n) is 2.99. The summed E-state index contributed by atoms with van der Waals surface area (Å²) < 4.78 is 7.67. The molecule has 0 radical (unpaired) electrons. The number of aldehydes is 1. The highest BCUT2D eigenvalue weighted by molar-refractivity contribution is 5.94. The van der Waals surface area contributed by atoms with E-state index >= 15 is 0 Å². The topological polar surface area (TPSA) is 51.5 Å². The quantitative estimate of drug-likeness (QED) is 0.496. The molecule has 0 amide bonds. The lowest BCUT2D eigenvalue weighted by molar-refractivity contribution is 0.0812. The van der Waals surface area contributed by atoms with E-state index in [1.807, 2.05) is 81.4 Å². The van der Waals surface area contributed by atoms with Crippen LogP contribution in [0.5, 0.6) is 5.75 Å². The molecular weight excluding hydrogens is 340 g/mol. The van der Waals surface area contributed by atoms with Crippen LogP contribution in [0, 0.1) is 6.92 Å². The second-order valence-electron chi connectivity index (χ2n) is 6.94. The van der Waals surface area contributed by atoms with Crippen LogP contribution in [0.25, 0.3) is 10.9 Å². The Hall–Kier alpha value is -2.92. The van der Waals surface area contributed by atoms with Gasteiger partial charge < -0.3 is 9.30 Å². The Balaban J connectivity index is 2.27. The standard InChI is InChI=1S/C22H24N2O3/c1-15-10-11-20-18(12-15)21(27-16(2)23(3)4)19(14-25)22(26)24(20)13-17-8-6-5-7-9-17/h5-12,14,16H,13H2,1-4H3. The monoisotopic (exact) mass is 364 g/mol. The lowest BCUT2D eigenvalue weighted by Gasteiger charge is -2.24. The molecule has 0 aliphatic rings. The van der Waals surface area contributed by atoms with E-state index in [0.29, 0.717) is 18.6 Å². The van der Waals surface area contributed by atoms with Crippen molar-refractivity contribution < 1.29 is 9.53 Å². The highest BCUT2D eigenvalue weighted by Gasteiger charge is 2.20. The van der Waals surface area contributed by atoms with Crippen molar-refractivity contribution in [2.24, 2.45) is 0 Å². The third kappa shape index (κ3) is 3.78. The smallest absolute Gasteiger partial charge is 0.265 e. The lowest BCUT2D eigenvalue weighted by Crippen LogP contribution is -2.32. The van der Waals surface area contributed by atoms with Crippen molar-refractivity contribution in [1.82, 2.24) is 9.47 Å². The van der Waals surface area contributed by atoms with E-state index in [9.17, 15) is 9.59 Å². The third-order valence-corrected chi connectivity index (χ3v) is 4.72. The average molecular weight is 364 g/mol. The molecule has 1 unspecified atom stereocenters. The van der Waals surface area contributed by atoms with Gasteiger partial charge in [-0.05, 0) is 45.6 Å². The summed E-state index contributed by atoms with van der Waals surface area (Å²) in [4.78, 5) is 26.8. The first kappa shape index (κ1) is 18.9. The molecule has 5 nitrogen and oxygen atoms in total. The average Bonchev–Trinajstić information content (AvgIpc) is 2.65. The zero-order chi connectivity index (χ0) is 19.6. The molecule has 0 saturated heterocycles. The Kier molecular flexibility index (Phi) is 5.42. The predicted octanol–water partition coefficient (Wildman–Crippen LogP) is 3.46. The SMILES string of the molecule is Cc1ccc2c(c1)c(OC(C)N(C)C)c(C=O)c(=O)n2Cc1ccccc1. The van der Waals surface area contributed by atoms with Crippen LogP contribution in [0.1, 0.15) is 28.4 Å². The number of nitrogens with zero attached hydrogens (tertiary/aromatic N) is 2. The first-order chi connectivity index (χ1) is 12.9. The van der Waals surface area contributed by atoms with E-state index in [4.69, 9.17) is 4.74 Å². The van der Waals surface area contributed by atoms with Gasteiger partial charge in [-0.25, -0.2) is 0 Å². The number of aromatic nitrogens is 1. The molecule has 0 spiro atoms. The number of rotatable bonds is 6. The van der Waals surface area contributed by atoms with Crippen LogP contribution in [-0.4, -0.2) is 36.1 Å². The number of benzene rings is 2. The Bertz CT molecular complexity index is 1020. The minimum Gasteiger partial charge on any atom is -0.474 e. The molecule has 0 saturated carbocycles. The molecule has 1 aromatic heterocycles. The minimum absolute atomic E-state index is 0.0535. The second kappa shape index (κ2) is 7.76. The summed E-state index contributed by atoms with van der Waals surface area (Å²) in [7, 11) is 3.77. The molecule has 1 heterocycles. The Labute approximate surface area is 158 Å². The van der Waals surface area contributed by atoms with Gasteiger partial charge in [-0.2, -0.15) is 0 Å². The first-order valence-electron chi connectivity index (χ1n) is 8.91. The zero-order valence-electron chi connectivity index (χ0n) is 16.1. The first-order valence-corrected chi connectivity index (χ1v) is 8.91. The van der Waals surface area contributed by atoms with E-state index in [1.165, 1.54) is 0 Å². The van der Waals surface area contributed by atoms with Crippen LogP contribution in [0.3, 0.4) is 0 Å². The highest BCUT2D eigenvalue weighted by Crippen LogP contribution is 2.29. The number of aryl methyl sites for hydroxylation is 1. The Morgan fingerprint density at radius 2 is 1.85 bits per heavy atom. The van der Waals surface area contributed by atoms with Gasteiger partial charge in [0.2, 0.25) is 0 Å². The number of ether oxygens (including phenoxy) is 1.